The van der Waals surface area contributed by atoms with Crippen LogP contribution in [0.2, 0.25) is 0 Å². The first-order valence-electron chi connectivity index (χ1n) is 5.50. The van der Waals surface area contributed by atoms with Crippen LogP contribution in [0.1, 0.15) is 12.1 Å². The van der Waals surface area contributed by atoms with Gasteiger partial charge in [-0.3, -0.25) is 4.98 Å². The van der Waals surface area contributed by atoms with Crippen LogP contribution in [0.4, 0.5) is 23.8 Å². The summed E-state index contributed by atoms with van der Waals surface area (Å²) in [5.74, 6) is 0.101. The number of carbonyl (C=O) groups is 1. The number of halogens is 3. The normalized spacial score (nSPS) is 19.5. The molecule has 6 nitrogen and oxygen atoms in total. The number of rotatable bonds is 2. The maximum absolute atomic E-state index is 12.5. The van der Waals surface area contributed by atoms with Crippen molar-refractivity contribution in [1.29, 1.82) is 0 Å². The molecule has 1 aliphatic rings. The molecule has 1 unspecified atom stereocenters. The zero-order chi connectivity index (χ0) is 14.0. The molecule has 1 aromatic heterocycles. The van der Waals surface area contributed by atoms with Crippen molar-refractivity contribution >= 4 is 11.9 Å². The molecule has 1 atom stereocenters. The van der Waals surface area contributed by atoms with Crippen molar-refractivity contribution in [1.82, 2.24) is 15.3 Å². The van der Waals surface area contributed by atoms with Crippen molar-refractivity contribution in [2.75, 3.05) is 18.0 Å². The molecule has 0 saturated carbocycles. The Morgan fingerprint density at radius 1 is 1.47 bits per heavy atom. The summed E-state index contributed by atoms with van der Waals surface area (Å²) >= 11 is 0. The fourth-order valence-corrected chi connectivity index (χ4v) is 1.91. The maximum atomic E-state index is 12.5. The zero-order valence-electron chi connectivity index (χ0n) is 9.68. The summed E-state index contributed by atoms with van der Waals surface area (Å²) in [5.41, 5.74) is -1.06. The van der Waals surface area contributed by atoms with Gasteiger partial charge in [-0.2, -0.15) is 13.2 Å². The van der Waals surface area contributed by atoms with E-state index in [1.54, 1.807) is 4.90 Å². The van der Waals surface area contributed by atoms with Gasteiger partial charge in [-0.15, -0.1) is 0 Å². The number of nitrogens with zero attached hydrogens (tertiary/aromatic N) is 3. The Balaban J connectivity index is 2.09. The summed E-state index contributed by atoms with van der Waals surface area (Å²) in [6.45, 7) is 0.712. The Kier molecular flexibility index (Phi) is 3.45. The molecule has 1 aliphatic heterocycles. The Morgan fingerprint density at radius 3 is 2.84 bits per heavy atom. The molecular formula is C10H11F3N4O2. The molecule has 1 aromatic rings. The topological polar surface area (TPSA) is 78.4 Å². The fraction of sp³-hybridized carbons (Fsp3) is 0.500. The van der Waals surface area contributed by atoms with Gasteiger partial charge < -0.3 is 15.3 Å². The fourth-order valence-electron chi connectivity index (χ4n) is 1.91. The lowest BCUT2D eigenvalue weighted by Crippen LogP contribution is -2.36. The van der Waals surface area contributed by atoms with E-state index in [-0.39, 0.29) is 18.4 Å². The highest BCUT2D eigenvalue weighted by Gasteiger charge is 2.34. The molecule has 1 saturated heterocycles. The van der Waals surface area contributed by atoms with E-state index in [9.17, 15) is 18.0 Å². The summed E-state index contributed by atoms with van der Waals surface area (Å²) in [7, 11) is 0. The number of hydrogen-bond acceptors (Lipinski definition) is 4. The van der Waals surface area contributed by atoms with Crippen LogP contribution in [-0.4, -0.2) is 40.3 Å². The van der Waals surface area contributed by atoms with Crippen molar-refractivity contribution in [3.8, 4) is 0 Å². The lowest BCUT2D eigenvalue weighted by molar-refractivity contribution is -0.141. The molecule has 0 spiro atoms. The first-order valence-corrected chi connectivity index (χ1v) is 5.50. The van der Waals surface area contributed by atoms with Crippen LogP contribution < -0.4 is 10.2 Å². The van der Waals surface area contributed by atoms with E-state index in [0.29, 0.717) is 19.2 Å². The van der Waals surface area contributed by atoms with Crippen LogP contribution >= 0.6 is 0 Å². The molecule has 104 valence electrons. The van der Waals surface area contributed by atoms with Gasteiger partial charge in [0, 0.05) is 13.1 Å². The summed E-state index contributed by atoms with van der Waals surface area (Å²) in [6, 6.07) is -0.311. The molecule has 1 amide bonds. The van der Waals surface area contributed by atoms with Crippen molar-refractivity contribution < 1.29 is 23.1 Å². The predicted molar refractivity (Wildman–Crippen MR) is 58.8 cm³/mol. The number of nitrogens with one attached hydrogen (secondary N) is 1. The molecule has 0 aliphatic carbocycles. The van der Waals surface area contributed by atoms with Crippen molar-refractivity contribution in [2.45, 2.75) is 18.6 Å². The number of alkyl halides is 3. The minimum absolute atomic E-state index is 0.101. The van der Waals surface area contributed by atoms with Gasteiger partial charge in [0.1, 0.15) is 5.82 Å². The monoisotopic (exact) mass is 276 g/mol. The van der Waals surface area contributed by atoms with E-state index >= 15 is 0 Å². The average molecular weight is 276 g/mol. The SMILES string of the molecule is O=C(O)NC1CCN(c2cncc(C(F)(F)F)n2)C1. The second-order valence-electron chi connectivity index (χ2n) is 4.14. The molecule has 19 heavy (non-hydrogen) atoms. The number of anilines is 1. The molecule has 2 rings (SSSR count). The van der Waals surface area contributed by atoms with Gasteiger partial charge in [-0.05, 0) is 6.42 Å². The molecule has 2 N–H and O–H groups in total. The van der Waals surface area contributed by atoms with E-state index in [1.807, 2.05) is 0 Å². The average Bonchev–Trinajstić information content (AvgIpc) is 2.76. The van der Waals surface area contributed by atoms with E-state index in [4.69, 9.17) is 5.11 Å². The number of hydrogen-bond donors (Lipinski definition) is 2. The van der Waals surface area contributed by atoms with E-state index in [1.165, 1.54) is 6.20 Å². The van der Waals surface area contributed by atoms with E-state index in [2.05, 4.69) is 15.3 Å². The minimum Gasteiger partial charge on any atom is -0.465 e. The molecule has 0 aromatic carbocycles. The van der Waals surface area contributed by atoms with Gasteiger partial charge in [0.2, 0.25) is 0 Å². The van der Waals surface area contributed by atoms with Gasteiger partial charge in [0.15, 0.2) is 5.69 Å². The van der Waals surface area contributed by atoms with E-state index < -0.39 is 18.0 Å². The van der Waals surface area contributed by atoms with Gasteiger partial charge >= 0.3 is 12.3 Å². The van der Waals surface area contributed by atoms with Crippen molar-refractivity contribution in [3.63, 3.8) is 0 Å². The minimum atomic E-state index is -4.54. The van der Waals surface area contributed by atoms with Gasteiger partial charge in [0.25, 0.3) is 0 Å². The van der Waals surface area contributed by atoms with Crippen molar-refractivity contribution in [3.05, 3.63) is 18.1 Å². The van der Waals surface area contributed by atoms with Gasteiger partial charge in [-0.25, -0.2) is 9.78 Å². The summed E-state index contributed by atoms with van der Waals surface area (Å²) < 4.78 is 37.5. The summed E-state index contributed by atoms with van der Waals surface area (Å²) in [5, 5.41) is 10.9. The smallest absolute Gasteiger partial charge is 0.434 e. The molecule has 2 heterocycles. The summed E-state index contributed by atoms with van der Waals surface area (Å²) in [4.78, 5) is 19.1. The van der Waals surface area contributed by atoms with Crippen LogP contribution in [0, 0.1) is 0 Å². The number of aromatic nitrogens is 2. The van der Waals surface area contributed by atoms with Crippen molar-refractivity contribution in [2.24, 2.45) is 0 Å². The Hall–Kier alpha value is -2.06. The van der Waals surface area contributed by atoms with Gasteiger partial charge in [0.05, 0.1) is 18.4 Å². The number of carboxylic acid groups (broad SMARTS) is 1. The van der Waals surface area contributed by atoms with Crippen LogP contribution in [0.3, 0.4) is 0 Å². The zero-order valence-corrected chi connectivity index (χ0v) is 9.68. The van der Waals surface area contributed by atoms with Crippen LogP contribution in [0.25, 0.3) is 0 Å². The second kappa shape index (κ2) is 4.90. The third-order valence-electron chi connectivity index (χ3n) is 2.75. The van der Waals surface area contributed by atoms with Crippen LogP contribution in [0.5, 0.6) is 0 Å². The van der Waals surface area contributed by atoms with Crippen LogP contribution in [-0.2, 0) is 6.18 Å². The molecule has 1 fully saturated rings. The maximum Gasteiger partial charge on any atom is 0.434 e. The second-order valence-corrected chi connectivity index (χ2v) is 4.14. The quantitative estimate of drug-likeness (QED) is 0.852. The standard InChI is InChI=1S/C10H11F3N4O2/c11-10(12,13)7-3-14-4-8(16-7)17-2-1-6(5-17)15-9(18)19/h3-4,6,15H,1-2,5H2,(H,18,19). The van der Waals surface area contributed by atoms with E-state index in [0.717, 1.165) is 0 Å². The number of amides is 1. The Morgan fingerprint density at radius 2 is 2.21 bits per heavy atom. The third-order valence-corrected chi connectivity index (χ3v) is 2.75. The van der Waals surface area contributed by atoms with Gasteiger partial charge in [-0.1, -0.05) is 0 Å². The Labute approximate surface area is 106 Å². The molecule has 9 heteroatoms. The molecule has 0 bridgehead atoms. The Bertz CT molecular complexity index is 480. The molecule has 0 radical (unpaired) electrons. The lowest BCUT2D eigenvalue weighted by Gasteiger charge is -2.18. The highest BCUT2D eigenvalue weighted by Crippen LogP contribution is 2.28. The third kappa shape index (κ3) is 3.24. The lowest BCUT2D eigenvalue weighted by atomic mass is 10.3. The highest BCUT2D eigenvalue weighted by atomic mass is 19.4. The van der Waals surface area contributed by atoms with Crippen LogP contribution in [0.15, 0.2) is 12.4 Å². The predicted octanol–water partition coefficient (Wildman–Crippen LogP) is 1.34. The molecular weight excluding hydrogens is 265 g/mol. The summed E-state index contributed by atoms with van der Waals surface area (Å²) in [6.07, 6.45) is -3.28. The first kappa shape index (κ1) is 13.4. The highest BCUT2D eigenvalue weighted by molar-refractivity contribution is 5.65. The first-order chi connectivity index (χ1) is 8.86. The largest absolute Gasteiger partial charge is 0.465 e.